The highest BCUT2D eigenvalue weighted by Crippen LogP contribution is 2.22. The minimum absolute atomic E-state index is 0.568. The molecule has 0 spiro atoms. The Morgan fingerprint density at radius 1 is 1.56 bits per heavy atom. The molecule has 0 radical (unpaired) electrons. The molecule has 1 aliphatic heterocycles. The lowest BCUT2D eigenvalue weighted by Crippen LogP contribution is -2.30. The van der Waals surface area contributed by atoms with Crippen LogP contribution in [0.4, 0.5) is 0 Å². The first-order valence-electron chi connectivity index (χ1n) is 5.56. The van der Waals surface area contributed by atoms with E-state index in [0.29, 0.717) is 6.04 Å². The molecule has 16 heavy (non-hydrogen) atoms. The lowest BCUT2D eigenvalue weighted by atomic mass is 10.2. The minimum atomic E-state index is 0.568. The van der Waals surface area contributed by atoms with E-state index in [2.05, 4.69) is 10.6 Å². The monoisotopic (exact) mass is 240 g/mol. The van der Waals surface area contributed by atoms with Gasteiger partial charge in [0.2, 0.25) is 0 Å². The Morgan fingerprint density at radius 2 is 2.44 bits per heavy atom. The largest absolute Gasteiger partial charge is 0.497 e. The molecule has 1 unspecified atom stereocenters. The Balaban J connectivity index is 1.93. The van der Waals surface area contributed by atoms with Crippen molar-refractivity contribution in [2.24, 2.45) is 0 Å². The summed E-state index contributed by atoms with van der Waals surface area (Å²) in [6.45, 7) is 2.97. The summed E-state index contributed by atoms with van der Waals surface area (Å²) in [6.07, 6.45) is 1.19. The molecule has 1 aliphatic rings. The Bertz CT molecular complexity index is 351. The Kier molecular flexibility index (Phi) is 4.04. The quantitative estimate of drug-likeness (QED) is 0.842. The molecule has 3 nitrogen and oxygen atoms in total. The van der Waals surface area contributed by atoms with E-state index in [0.717, 1.165) is 36.0 Å². The van der Waals surface area contributed by atoms with Crippen molar-refractivity contribution in [3.8, 4) is 5.75 Å². The van der Waals surface area contributed by atoms with E-state index in [1.165, 1.54) is 6.42 Å². The fourth-order valence-electron chi connectivity index (χ4n) is 1.88. The summed E-state index contributed by atoms with van der Waals surface area (Å²) < 4.78 is 5.11. The molecule has 0 aliphatic carbocycles. The molecular formula is C12H17ClN2O. The number of rotatable bonds is 4. The van der Waals surface area contributed by atoms with Crippen LogP contribution in [0, 0.1) is 0 Å². The number of benzene rings is 1. The maximum Gasteiger partial charge on any atom is 0.120 e. The van der Waals surface area contributed by atoms with Gasteiger partial charge in [-0.2, -0.15) is 0 Å². The SMILES string of the molecule is COc1ccc(CNC2CCNC2)c(Cl)c1. The van der Waals surface area contributed by atoms with Crippen LogP contribution in [-0.4, -0.2) is 26.2 Å². The minimum Gasteiger partial charge on any atom is -0.497 e. The number of nitrogens with one attached hydrogen (secondary N) is 2. The van der Waals surface area contributed by atoms with Crippen molar-refractivity contribution in [2.75, 3.05) is 20.2 Å². The first-order valence-corrected chi connectivity index (χ1v) is 5.94. The average Bonchev–Trinajstić information content (AvgIpc) is 2.80. The van der Waals surface area contributed by atoms with Gasteiger partial charge < -0.3 is 15.4 Å². The van der Waals surface area contributed by atoms with E-state index < -0.39 is 0 Å². The van der Waals surface area contributed by atoms with Gasteiger partial charge in [0.15, 0.2) is 0 Å². The summed E-state index contributed by atoms with van der Waals surface area (Å²) in [4.78, 5) is 0. The van der Waals surface area contributed by atoms with E-state index in [1.807, 2.05) is 18.2 Å². The van der Waals surface area contributed by atoms with E-state index in [-0.39, 0.29) is 0 Å². The standard InChI is InChI=1S/C12H17ClN2O/c1-16-11-3-2-9(12(13)6-11)7-15-10-4-5-14-8-10/h2-3,6,10,14-15H,4-5,7-8H2,1H3. The van der Waals surface area contributed by atoms with Crippen molar-refractivity contribution in [2.45, 2.75) is 19.0 Å². The van der Waals surface area contributed by atoms with Crippen molar-refractivity contribution in [3.05, 3.63) is 28.8 Å². The van der Waals surface area contributed by atoms with Crippen LogP contribution in [0.5, 0.6) is 5.75 Å². The Morgan fingerprint density at radius 3 is 3.06 bits per heavy atom. The van der Waals surface area contributed by atoms with E-state index >= 15 is 0 Å². The van der Waals surface area contributed by atoms with E-state index in [4.69, 9.17) is 16.3 Å². The fraction of sp³-hybridized carbons (Fsp3) is 0.500. The predicted molar refractivity (Wildman–Crippen MR) is 66.1 cm³/mol. The molecule has 1 fully saturated rings. The molecule has 1 aromatic carbocycles. The molecule has 0 bridgehead atoms. The second-order valence-corrected chi connectivity index (χ2v) is 4.44. The van der Waals surface area contributed by atoms with Crippen LogP contribution >= 0.6 is 11.6 Å². The normalized spacial score (nSPS) is 20.0. The molecule has 88 valence electrons. The molecule has 2 rings (SSSR count). The summed E-state index contributed by atoms with van der Waals surface area (Å²) >= 11 is 6.16. The Hall–Kier alpha value is -0.770. The van der Waals surface area contributed by atoms with Crippen LogP contribution in [-0.2, 0) is 6.54 Å². The summed E-state index contributed by atoms with van der Waals surface area (Å²) in [6, 6.07) is 6.37. The van der Waals surface area contributed by atoms with Gasteiger partial charge in [-0.3, -0.25) is 0 Å². The lowest BCUT2D eigenvalue weighted by molar-refractivity contribution is 0.414. The number of halogens is 1. The van der Waals surface area contributed by atoms with Crippen molar-refractivity contribution in [1.29, 1.82) is 0 Å². The second-order valence-electron chi connectivity index (χ2n) is 4.03. The lowest BCUT2D eigenvalue weighted by Gasteiger charge is -2.12. The zero-order chi connectivity index (χ0) is 11.4. The van der Waals surface area contributed by atoms with Gasteiger partial charge >= 0.3 is 0 Å². The molecule has 0 amide bonds. The zero-order valence-electron chi connectivity index (χ0n) is 9.42. The van der Waals surface area contributed by atoms with E-state index in [9.17, 15) is 0 Å². The molecule has 1 atom stereocenters. The summed E-state index contributed by atoms with van der Waals surface area (Å²) in [5, 5.41) is 7.58. The van der Waals surface area contributed by atoms with Crippen LogP contribution in [0.1, 0.15) is 12.0 Å². The number of ether oxygens (including phenoxy) is 1. The molecule has 1 aromatic rings. The topological polar surface area (TPSA) is 33.3 Å². The van der Waals surface area contributed by atoms with Gasteiger partial charge in [-0.15, -0.1) is 0 Å². The van der Waals surface area contributed by atoms with Gasteiger partial charge in [-0.05, 0) is 30.7 Å². The second kappa shape index (κ2) is 5.53. The van der Waals surface area contributed by atoms with E-state index in [1.54, 1.807) is 7.11 Å². The maximum atomic E-state index is 6.16. The smallest absolute Gasteiger partial charge is 0.120 e. The van der Waals surface area contributed by atoms with Crippen LogP contribution in [0.2, 0.25) is 5.02 Å². The Labute approximate surface area is 101 Å². The maximum absolute atomic E-state index is 6.16. The highest BCUT2D eigenvalue weighted by Gasteiger charge is 2.13. The molecule has 1 saturated heterocycles. The third-order valence-electron chi connectivity index (χ3n) is 2.90. The molecule has 2 N–H and O–H groups in total. The summed E-state index contributed by atoms with van der Waals surface area (Å²) in [5.74, 6) is 0.802. The third-order valence-corrected chi connectivity index (χ3v) is 3.25. The van der Waals surface area contributed by atoms with Crippen LogP contribution in [0.15, 0.2) is 18.2 Å². The first kappa shape index (κ1) is 11.7. The van der Waals surface area contributed by atoms with Crippen LogP contribution in [0.3, 0.4) is 0 Å². The summed E-state index contributed by atoms with van der Waals surface area (Å²) in [7, 11) is 1.65. The van der Waals surface area contributed by atoms with Crippen molar-refractivity contribution >= 4 is 11.6 Å². The molecule has 0 saturated carbocycles. The summed E-state index contributed by atoms with van der Waals surface area (Å²) in [5.41, 5.74) is 1.12. The first-order chi connectivity index (χ1) is 7.79. The van der Waals surface area contributed by atoms with Gasteiger partial charge in [0.25, 0.3) is 0 Å². The van der Waals surface area contributed by atoms with Gasteiger partial charge in [-0.1, -0.05) is 17.7 Å². The van der Waals surface area contributed by atoms with Crippen molar-refractivity contribution < 1.29 is 4.74 Å². The highest BCUT2D eigenvalue weighted by molar-refractivity contribution is 6.31. The molecule has 1 heterocycles. The van der Waals surface area contributed by atoms with Crippen LogP contribution < -0.4 is 15.4 Å². The number of hydrogen-bond donors (Lipinski definition) is 2. The number of methoxy groups -OCH3 is 1. The van der Waals surface area contributed by atoms with Crippen molar-refractivity contribution in [1.82, 2.24) is 10.6 Å². The van der Waals surface area contributed by atoms with Gasteiger partial charge in [0, 0.05) is 24.2 Å². The molecule has 0 aromatic heterocycles. The highest BCUT2D eigenvalue weighted by atomic mass is 35.5. The number of hydrogen-bond acceptors (Lipinski definition) is 3. The van der Waals surface area contributed by atoms with Gasteiger partial charge in [0.1, 0.15) is 5.75 Å². The average molecular weight is 241 g/mol. The molecule has 4 heteroatoms. The molecular weight excluding hydrogens is 224 g/mol. The fourth-order valence-corrected chi connectivity index (χ4v) is 2.12. The van der Waals surface area contributed by atoms with Gasteiger partial charge in [0.05, 0.1) is 7.11 Å². The third kappa shape index (κ3) is 2.88. The van der Waals surface area contributed by atoms with Crippen LogP contribution in [0.25, 0.3) is 0 Å². The van der Waals surface area contributed by atoms with Gasteiger partial charge in [-0.25, -0.2) is 0 Å². The predicted octanol–water partition coefficient (Wildman–Crippen LogP) is 1.80. The van der Waals surface area contributed by atoms with Crippen molar-refractivity contribution in [3.63, 3.8) is 0 Å². The zero-order valence-corrected chi connectivity index (χ0v) is 10.2.